The molecule has 0 aliphatic heterocycles. The number of ether oxygens (including phenoxy) is 1. The quantitative estimate of drug-likeness (QED) is 0.824. The molecule has 3 nitrogen and oxygen atoms in total. The normalized spacial score (nSPS) is 10.3. The van der Waals surface area contributed by atoms with E-state index in [0.29, 0.717) is 16.3 Å². The van der Waals surface area contributed by atoms with Crippen LogP contribution < -0.4 is 10.5 Å². The Bertz CT molecular complexity index is 380. The Kier molecular flexibility index (Phi) is 4.30. The molecule has 0 saturated carbocycles. The maximum atomic E-state index is 8.87. The lowest BCUT2D eigenvalue weighted by atomic mass is 10.4. The molecule has 1 aromatic heterocycles. The van der Waals surface area contributed by atoms with Gasteiger partial charge in [-0.25, -0.2) is 0 Å². The fourth-order valence-corrected chi connectivity index (χ4v) is 3.14. The van der Waals surface area contributed by atoms with E-state index in [2.05, 4.69) is 13.0 Å². The fourth-order valence-electron chi connectivity index (χ4n) is 1.06. The largest absolute Gasteiger partial charge is 0.487 e. The summed E-state index contributed by atoms with van der Waals surface area (Å²) in [5.41, 5.74) is 6.32. The second-order valence-electron chi connectivity index (χ2n) is 3.17. The summed E-state index contributed by atoms with van der Waals surface area (Å²) >= 11 is 3.06. The first-order valence-corrected chi connectivity index (χ1v) is 6.52. The Morgan fingerprint density at radius 3 is 2.73 bits per heavy atom. The smallest absolute Gasteiger partial charge is 0.168 e. The van der Waals surface area contributed by atoms with Crippen LogP contribution in [0.2, 0.25) is 0 Å². The molecule has 1 heterocycles. The van der Waals surface area contributed by atoms with Gasteiger partial charge in [-0.1, -0.05) is 6.92 Å². The third-order valence-electron chi connectivity index (χ3n) is 1.60. The van der Waals surface area contributed by atoms with E-state index in [1.165, 1.54) is 11.3 Å². The van der Waals surface area contributed by atoms with Crippen molar-refractivity contribution in [1.29, 1.82) is 5.26 Å². The zero-order valence-electron chi connectivity index (χ0n) is 9.03. The lowest BCUT2D eigenvalue weighted by Gasteiger charge is -2.10. The number of nitriles is 1. The monoisotopic (exact) mass is 242 g/mol. The van der Waals surface area contributed by atoms with Crippen LogP contribution in [0.15, 0.2) is 4.21 Å². The average molecular weight is 242 g/mol. The first-order chi connectivity index (χ1) is 7.10. The molecule has 0 aromatic carbocycles. The van der Waals surface area contributed by atoms with E-state index in [9.17, 15) is 0 Å². The van der Waals surface area contributed by atoms with Crippen LogP contribution in [0.25, 0.3) is 0 Å². The van der Waals surface area contributed by atoms with Gasteiger partial charge in [0.25, 0.3) is 0 Å². The molecule has 2 N–H and O–H groups in total. The van der Waals surface area contributed by atoms with Gasteiger partial charge in [-0.3, -0.25) is 0 Å². The summed E-state index contributed by atoms with van der Waals surface area (Å²) in [5.74, 6) is 1.62. The van der Waals surface area contributed by atoms with Crippen molar-refractivity contribution >= 4 is 28.8 Å². The second-order valence-corrected chi connectivity index (χ2v) is 5.73. The highest BCUT2D eigenvalue weighted by Gasteiger charge is 2.18. The Morgan fingerprint density at radius 1 is 1.60 bits per heavy atom. The number of hydrogen-bond acceptors (Lipinski definition) is 5. The van der Waals surface area contributed by atoms with Crippen molar-refractivity contribution in [3.05, 3.63) is 4.88 Å². The molecule has 0 aliphatic carbocycles. The van der Waals surface area contributed by atoms with Gasteiger partial charge in [-0.2, -0.15) is 5.26 Å². The summed E-state index contributed by atoms with van der Waals surface area (Å²) in [5, 5.41) is 8.87. The highest BCUT2D eigenvalue weighted by molar-refractivity contribution is 8.01. The van der Waals surface area contributed by atoms with Crippen LogP contribution in [-0.4, -0.2) is 11.9 Å². The minimum Gasteiger partial charge on any atom is -0.487 e. The van der Waals surface area contributed by atoms with Crippen molar-refractivity contribution < 1.29 is 4.74 Å². The van der Waals surface area contributed by atoms with Gasteiger partial charge in [0, 0.05) is 0 Å². The molecule has 1 rings (SSSR count). The summed E-state index contributed by atoms with van der Waals surface area (Å²) in [6, 6.07) is 2.09. The molecule has 0 bridgehead atoms. The van der Waals surface area contributed by atoms with Gasteiger partial charge in [-0.15, -0.1) is 23.1 Å². The van der Waals surface area contributed by atoms with E-state index in [-0.39, 0.29) is 6.10 Å². The summed E-state index contributed by atoms with van der Waals surface area (Å²) in [7, 11) is 0. The number of anilines is 1. The molecule has 0 unspecified atom stereocenters. The van der Waals surface area contributed by atoms with Crippen molar-refractivity contribution in [3.8, 4) is 11.8 Å². The fraction of sp³-hybridized carbons (Fsp3) is 0.500. The van der Waals surface area contributed by atoms with Crippen LogP contribution in [0.3, 0.4) is 0 Å². The maximum Gasteiger partial charge on any atom is 0.168 e. The Hall–Kier alpha value is -0.860. The minimum absolute atomic E-state index is 0.0737. The molecule has 0 spiro atoms. The Morgan fingerprint density at radius 2 is 2.27 bits per heavy atom. The number of rotatable bonds is 4. The Labute approximate surface area is 98.2 Å². The molecule has 0 saturated heterocycles. The van der Waals surface area contributed by atoms with Crippen molar-refractivity contribution in [2.45, 2.75) is 31.1 Å². The average Bonchev–Trinajstić information content (AvgIpc) is 2.46. The van der Waals surface area contributed by atoms with E-state index in [4.69, 9.17) is 15.7 Å². The number of hydrogen-bond donors (Lipinski definition) is 1. The third-order valence-corrected chi connectivity index (χ3v) is 3.83. The van der Waals surface area contributed by atoms with Crippen molar-refractivity contribution in [1.82, 2.24) is 0 Å². The van der Waals surface area contributed by atoms with Crippen LogP contribution >= 0.6 is 23.1 Å². The van der Waals surface area contributed by atoms with Gasteiger partial charge in [0.2, 0.25) is 0 Å². The molecular formula is C10H14N2OS2. The summed E-state index contributed by atoms with van der Waals surface area (Å²) in [6.45, 7) is 5.96. The lowest BCUT2D eigenvalue weighted by molar-refractivity contribution is 0.240. The van der Waals surface area contributed by atoms with E-state index in [1.807, 2.05) is 13.8 Å². The van der Waals surface area contributed by atoms with Gasteiger partial charge >= 0.3 is 0 Å². The summed E-state index contributed by atoms with van der Waals surface area (Å²) in [4.78, 5) is 0.543. The van der Waals surface area contributed by atoms with E-state index in [1.54, 1.807) is 11.8 Å². The molecule has 15 heavy (non-hydrogen) atoms. The van der Waals surface area contributed by atoms with Crippen molar-refractivity contribution in [3.63, 3.8) is 0 Å². The molecular weight excluding hydrogens is 228 g/mol. The van der Waals surface area contributed by atoms with Gasteiger partial charge in [0.1, 0.15) is 20.8 Å². The summed E-state index contributed by atoms with van der Waals surface area (Å²) in [6.07, 6.45) is 0.0737. The van der Waals surface area contributed by atoms with Crippen LogP contribution in [0.5, 0.6) is 5.75 Å². The first-order valence-electron chi connectivity index (χ1n) is 4.71. The standard InChI is InChI=1S/C10H14N2OS2/c1-4-14-10-9(13-6(2)3)8(12)7(5-11)15-10/h6H,4,12H2,1-3H3. The molecule has 0 atom stereocenters. The molecule has 1 aromatic rings. The zero-order valence-corrected chi connectivity index (χ0v) is 10.7. The predicted molar refractivity (Wildman–Crippen MR) is 65.6 cm³/mol. The van der Waals surface area contributed by atoms with Gasteiger partial charge < -0.3 is 10.5 Å². The molecule has 0 radical (unpaired) electrons. The number of thioether (sulfide) groups is 1. The maximum absolute atomic E-state index is 8.87. The highest BCUT2D eigenvalue weighted by Crippen LogP contribution is 2.44. The molecule has 5 heteroatoms. The van der Waals surface area contributed by atoms with Crippen LogP contribution in [-0.2, 0) is 0 Å². The SMILES string of the molecule is CCSc1sc(C#N)c(N)c1OC(C)C. The minimum atomic E-state index is 0.0737. The van der Waals surface area contributed by atoms with Crippen LogP contribution in [0, 0.1) is 11.3 Å². The van der Waals surface area contributed by atoms with E-state index in [0.717, 1.165) is 9.96 Å². The number of nitrogens with zero attached hydrogens (tertiary/aromatic N) is 1. The van der Waals surface area contributed by atoms with Gasteiger partial charge in [0.05, 0.1) is 6.10 Å². The number of nitrogen functional groups attached to an aromatic ring is 1. The molecule has 82 valence electrons. The first kappa shape index (κ1) is 12.2. The second kappa shape index (κ2) is 5.29. The third kappa shape index (κ3) is 2.80. The molecule has 0 fully saturated rings. The van der Waals surface area contributed by atoms with Crippen LogP contribution in [0.1, 0.15) is 25.6 Å². The highest BCUT2D eigenvalue weighted by atomic mass is 32.2. The summed E-state index contributed by atoms with van der Waals surface area (Å²) < 4.78 is 6.62. The van der Waals surface area contributed by atoms with Gasteiger partial charge in [-0.05, 0) is 19.6 Å². The molecule has 0 aliphatic rings. The number of nitrogens with two attached hydrogens (primary N) is 1. The topological polar surface area (TPSA) is 59.0 Å². The van der Waals surface area contributed by atoms with E-state index >= 15 is 0 Å². The van der Waals surface area contributed by atoms with Crippen molar-refractivity contribution in [2.24, 2.45) is 0 Å². The van der Waals surface area contributed by atoms with Crippen LogP contribution in [0.4, 0.5) is 5.69 Å². The lowest BCUT2D eigenvalue weighted by Crippen LogP contribution is -2.07. The predicted octanol–water partition coefficient (Wildman–Crippen LogP) is 3.10. The van der Waals surface area contributed by atoms with E-state index < -0.39 is 0 Å². The molecule has 0 amide bonds. The number of thiophene rings is 1. The van der Waals surface area contributed by atoms with Gasteiger partial charge in [0.15, 0.2) is 5.75 Å². The van der Waals surface area contributed by atoms with Crippen molar-refractivity contribution in [2.75, 3.05) is 11.5 Å². The zero-order chi connectivity index (χ0) is 11.4. The Balaban J connectivity index is 3.08.